The van der Waals surface area contributed by atoms with Gasteiger partial charge in [-0.2, -0.15) is 26.3 Å². The smallest absolute Gasteiger partial charge is 0.416 e. The Labute approximate surface area is 205 Å². The van der Waals surface area contributed by atoms with Crippen LogP contribution in [0.5, 0.6) is 0 Å². The van der Waals surface area contributed by atoms with Gasteiger partial charge in [-0.15, -0.1) is 0 Å². The molecule has 1 aliphatic rings. The van der Waals surface area contributed by atoms with E-state index in [1.165, 1.54) is 13.3 Å². The van der Waals surface area contributed by atoms with Gasteiger partial charge in [0, 0.05) is 24.4 Å². The molecule has 0 aliphatic heterocycles. The summed E-state index contributed by atoms with van der Waals surface area (Å²) in [5, 5.41) is 0. The van der Waals surface area contributed by atoms with Gasteiger partial charge < -0.3 is 4.74 Å². The van der Waals surface area contributed by atoms with E-state index in [2.05, 4.69) is 21.0 Å². The van der Waals surface area contributed by atoms with Gasteiger partial charge >= 0.3 is 18.3 Å². The number of hydrogen-bond acceptors (Lipinski definition) is 5. The Morgan fingerprint density at radius 1 is 1.14 bits per heavy atom. The van der Waals surface area contributed by atoms with Gasteiger partial charge in [-0.25, -0.2) is 13.1 Å². The van der Waals surface area contributed by atoms with Crippen LogP contribution in [0.25, 0.3) is 0 Å². The van der Waals surface area contributed by atoms with Crippen molar-refractivity contribution in [2.24, 2.45) is 4.99 Å². The van der Waals surface area contributed by atoms with Gasteiger partial charge in [0.15, 0.2) is 0 Å². The summed E-state index contributed by atoms with van der Waals surface area (Å²) in [6.45, 7) is 5.58. The molecule has 0 bridgehead atoms. The fraction of sp³-hybridized carbons (Fsp3) is 0.478. The lowest BCUT2D eigenvalue weighted by molar-refractivity contribution is -0.143. The van der Waals surface area contributed by atoms with E-state index in [0.29, 0.717) is 42.5 Å². The molecule has 1 saturated carbocycles. The molecule has 1 N–H and O–H groups in total. The molecule has 1 unspecified atom stereocenters. The zero-order valence-electron chi connectivity index (χ0n) is 19.6. The Balaban J connectivity index is 2.35. The van der Waals surface area contributed by atoms with Gasteiger partial charge in [0.25, 0.3) is 0 Å². The van der Waals surface area contributed by atoms with E-state index in [1.54, 1.807) is 6.92 Å². The van der Waals surface area contributed by atoms with Crippen molar-refractivity contribution < 1.29 is 44.3 Å². The summed E-state index contributed by atoms with van der Waals surface area (Å²) in [5.74, 6) is -0.375. The molecule has 0 saturated heterocycles. The number of esters is 1. The third-order valence-corrected chi connectivity index (χ3v) is 6.95. The van der Waals surface area contributed by atoms with E-state index in [-0.39, 0.29) is 37.0 Å². The number of nitrogens with zero attached hydrogens (tertiary/aromatic N) is 1. The lowest BCUT2D eigenvalue weighted by atomic mass is 9.87. The SMILES string of the molecule is C=C1CCCC(NS(=O)(=O)c2cc(C(F)(F)F)cc(C(F)(F)F)c2)/C1=C/N=C(C)CCCC(=O)OC. The topological polar surface area (TPSA) is 84.8 Å². The molecule has 2 rings (SSSR count). The van der Waals surface area contributed by atoms with E-state index in [0.717, 1.165) is 0 Å². The van der Waals surface area contributed by atoms with Crippen LogP contribution in [0.1, 0.15) is 56.6 Å². The molecule has 0 aromatic heterocycles. The van der Waals surface area contributed by atoms with Crippen LogP contribution in [0.4, 0.5) is 26.3 Å². The molecular formula is C23H26F6N2O4S. The largest absolute Gasteiger partial charge is 0.469 e. The number of halogens is 6. The maximum atomic E-state index is 13.2. The number of rotatable bonds is 8. The second kappa shape index (κ2) is 11.6. The number of ether oxygens (including phenoxy) is 1. The van der Waals surface area contributed by atoms with Crippen molar-refractivity contribution >= 4 is 21.7 Å². The quantitative estimate of drug-likeness (QED) is 0.257. The lowest BCUT2D eigenvalue weighted by Crippen LogP contribution is -2.38. The van der Waals surface area contributed by atoms with Gasteiger partial charge in [-0.05, 0) is 68.4 Å². The van der Waals surface area contributed by atoms with Crippen LogP contribution < -0.4 is 4.72 Å². The molecule has 1 atom stereocenters. The predicted molar refractivity (Wildman–Crippen MR) is 121 cm³/mol. The molecule has 1 aromatic rings. The third-order valence-electron chi connectivity index (χ3n) is 5.50. The van der Waals surface area contributed by atoms with Crippen molar-refractivity contribution in [2.75, 3.05) is 7.11 Å². The monoisotopic (exact) mass is 540 g/mol. The van der Waals surface area contributed by atoms with Gasteiger partial charge in [-0.1, -0.05) is 6.58 Å². The van der Waals surface area contributed by atoms with E-state index in [4.69, 9.17) is 0 Å². The average Bonchev–Trinajstić information content (AvgIpc) is 2.76. The number of hydrogen-bond donors (Lipinski definition) is 1. The maximum absolute atomic E-state index is 13.2. The van der Waals surface area contributed by atoms with Crippen molar-refractivity contribution in [1.82, 2.24) is 4.72 Å². The first-order valence-electron chi connectivity index (χ1n) is 10.8. The second-order valence-electron chi connectivity index (χ2n) is 8.29. The van der Waals surface area contributed by atoms with Crippen molar-refractivity contribution in [1.29, 1.82) is 0 Å². The molecule has 0 spiro atoms. The van der Waals surface area contributed by atoms with Gasteiger partial charge in [0.1, 0.15) is 0 Å². The van der Waals surface area contributed by atoms with E-state index in [1.807, 2.05) is 0 Å². The molecule has 1 fully saturated rings. The number of nitrogens with one attached hydrogen (secondary N) is 1. The second-order valence-corrected chi connectivity index (χ2v) is 10.0. The van der Waals surface area contributed by atoms with Gasteiger partial charge in [0.05, 0.1) is 23.1 Å². The normalized spacial score (nSPS) is 19.0. The number of carbonyl (C=O) groups is 1. The summed E-state index contributed by atoms with van der Waals surface area (Å²) in [6, 6.07) is -0.749. The summed E-state index contributed by atoms with van der Waals surface area (Å²) in [6.07, 6.45) is -6.62. The van der Waals surface area contributed by atoms with Gasteiger partial charge in [0.2, 0.25) is 10.0 Å². The van der Waals surface area contributed by atoms with Crippen molar-refractivity contribution in [3.05, 3.63) is 53.3 Å². The summed E-state index contributed by atoms with van der Waals surface area (Å²) in [7, 11) is -3.51. The highest BCUT2D eigenvalue weighted by Gasteiger charge is 2.39. The minimum atomic E-state index is -5.18. The molecule has 200 valence electrons. The van der Waals surface area contributed by atoms with Crippen molar-refractivity contribution in [3.63, 3.8) is 0 Å². The van der Waals surface area contributed by atoms with E-state index in [9.17, 15) is 39.6 Å². The minimum absolute atomic E-state index is 0.134. The van der Waals surface area contributed by atoms with Gasteiger partial charge in [-0.3, -0.25) is 9.79 Å². The van der Waals surface area contributed by atoms with Crippen LogP contribution in [-0.2, 0) is 31.9 Å². The molecule has 36 heavy (non-hydrogen) atoms. The van der Waals surface area contributed by atoms with Crippen LogP contribution >= 0.6 is 0 Å². The van der Waals surface area contributed by atoms with Crippen LogP contribution in [0.2, 0.25) is 0 Å². The molecule has 1 aromatic carbocycles. The Morgan fingerprint density at radius 2 is 1.72 bits per heavy atom. The number of sulfonamides is 1. The Morgan fingerprint density at radius 3 is 2.25 bits per heavy atom. The highest BCUT2D eigenvalue weighted by Crippen LogP contribution is 2.37. The maximum Gasteiger partial charge on any atom is 0.416 e. The van der Waals surface area contributed by atoms with Crippen LogP contribution in [-0.4, -0.2) is 33.3 Å². The average molecular weight is 541 g/mol. The predicted octanol–water partition coefficient (Wildman–Crippen LogP) is 5.80. The number of carbonyl (C=O) groups excluding carboxylic acids is 1. The Hall–Kier alpha value is -2.67. The Kier molecular flexibility index (Phi) is 9.52. The highest BCUT2D eigenvalue weighted by atomic mass is 32.2. The molecule has 6 nitrogen and oxygen atoms in total. The summed E-state index contributed by atoms with van der Waals surface area (Å²) < 4.78 is 112. The highest BCUT2D eigenvalue weighted by molar-refractivity contribution is 7.89. The fourth-order valence-electron chi connectivity index (χ4n) is 3.54. The third kappa shape index (κ3) is 8.19. The zero-order chi connectivity index (χ0) is 27.3. The molecule has 0 radical (unpaired) electrons. The van der Waals surface area contributed by atoms with Crippen LogP contribution in [0.3, 0.4) is 0 Å². The number of alkyl halides is 6. The minimum Gasteiger partial charge on any atom is -0.469 e. The van der Waals surface area contributed by atoms with Crippen LogP contribution in [0.15, 0.2) is 52.0 Å². The fourth-order valence-corrected chi connectivity index (χ4v) is 4.86. The Bertz CT molecular complexity index is 1120. The first kappa shape index (κ1) is 29.6. The number of methoxy groups -OCH3 is 1. The van der Waals surface area contributed by atoms with Crippen molar-refractivity contribution in [3.8, 4) is 0 Å². The molecular weight excluding hydrogens is 514 g/mol. The molecule has 0 amide bonds. The number of benzene rings is 1. The lowest BCUT2D eigenvalue weighted by Gasteiger charge is -2.27. The molecule has 0 heterocycles. The summed E-state index contributed by atoms with van der Waals surface area (Å²) >= 11 is 0. The summed E-state index contributed by atoms with van der Waals surface area (Å²) in [5.41, 5.74) is -1.92. The zero-order valence-corrected chi connectivity index (χ0v) is 20.4. The standard InChI is InChI=1S/C23H26F6N2O4S/c1-14-6-4-8-20(19(14)13-30-15(2)7-5-9-21(32)35-3)31-36(33,34)18-11-16(22(24,25)26)10-17(12-18)23(27,28)29/h10-13,20,31H,1,4-9H2,2-3H3/b19-13+,30-15?. The van der Waals surface area contributed by atoms with E-state index < -0.39 is 44.4 Å². The van der Waals surface area contributed by atoms with E-state index >= 15 is 0 Å². The first-order chi connectivity index (χ1) is 16.5. The van der Waals surface area contributed by atoms with Crippen LogP contribution in [0, 0.1) is 0 Å². The first-order valence-corrected chi connectivity index (χ1v) is 12.3. The molecule has 1 aliphatic carbocycles. The number of aliphatic imine (C=N–C) groups is 1. The van der Waals surface area contributed by atoms with Crippen molar-refractivity contribution in [2.45, 2.75) is 68.7 Å². The molecule has 13 heteroatoms. The summed E-state index contributed by atoms with van der Waals surface area (Å²) in [4.78, 5) is 14.3.